The molecule has 0 bridgehead atoms. The smallest absolute Gasteiger partial charge is 0.243 e. The first kappa shape index (κ1) is 19.9. The monoisotopic (exact) mass is 445 g/mol. The first-order valence-corrected chi connectivity index (χ1v) is 7.28. The summed E-state index contributed by atoms with van der Waals surface area (Å²) >= 11 is 0. The van der Waals surface area contributed by atoms with Gasteiger partial charge in [-0.3, -0.25) is 9.79 Å². The van der Waals surface area contributed by atoms with Gasteiger partial charge in [-0.25, -0.2) is 4.39 Å². The normalized spacial score (nSPS) is 10.7. The Labute approximate surface area is 157 Å². The number of nitrogens with zero attached hydrogens (tertiary/aromatic N) is 2. The van der Waals surface area contributed by atoms with Gasteiger partial charge in [0.15, 0.2) is 5.96 Å². The number of benzene rings is 1. The van der Waals surface area contributed by atoms with E-state index in [-0.39, 0.29) is 36.4 Å². The zero-order valence-corrected chi connectivity index (χ0v) is 15.7. The number of aliphatic imine (C=N–C) groups is 1. The van der Waals surface area contributed by atoms with Crippen molar-refractivity contribution in [3.05, 3.63) is 54.6 Å². The minimum atomic E-state index is -0.391. The van der Waals surface area contributed by atoms with E-state index in [2.05, 4.69) is 20.9 Å². The summed E-state index contributed by atoms with van der Waals surface area (Å²) in [5, 5.41) is 8.63. The number of anilines is 1. The molecule has 2 aromatic rings. The number of amides is 1. The summed E-state index contributed by atoms with van der Waals surface area (Å²) in [5.74, 6) is -0.131. The Balaban J connectivity index is 0.00000288. The third-order valence-corrected chi connectivity index (χ3v) is 3.08. The summed E-state index contributed by atoms with van der Waals surface area (Å²) in [6.07, 6.45) is 3.95. The molecule has 0 atom stereocenters. The van der Waals surface area contributed by atoms with Gasteiger partial charge in [0.05, 0.1) is 6.54 Å². The van der Waals surface area contributed by atoms with Gasteiger partial charge in [-0.15, -0.1) is 24.0 Å². The maximum atomic E-state index is 13.0. The van der Waals surface area contributed by atoms with Gasteiger partial charge in [0, 0.05) is 38.2 Å². The molecule has 0 saturated carbocycles. The molecule has 1 aromatic carbocycles. The Morgan fingerprint density at radius 2 is 1.96 bits per heavy atom. The fraction of sp³-hybridized carbons (Fsp3) is 0.250. The van der Waals surface area contributed by atoms with Crippen molar-refractivity contribution in [2.24, 2.45) is 4.99 Å². The van der Waals surface area contributed by atoms with Crippen LogP contribution in [0.5, 0.6) is 0 Å². The van der Waals surface area contributed by atoms with Crippen molar-refractivity contribution in [1.82, 2.24) is 15.2 Å². The lowest BCUT2D eigenvalue weighted by Crippen LogP contribution is -2.42. The van der Waals surface area contributed by atoms with E-state index in [1.807, 2.05) is 29.1 Å². The topological polar surface area (TPSA) is 70.5 Å². The molecular weight excluding hydrogens is 424 g/mol. The standard InChI is InChI=1S/C16H20FN5O.HI/c1-18-16(19-7-10-22-8-2-3-9-22)20-12-15(23)21-14-6-4-5-13(17)11-14;/h2-6,8-9,11H,7,10,12H2,1H3,(H,21,23)(H2,18,19,20);1H. The molecule has 1 amide bonds. The molecule has 0 aliphatic rings. The Kier molecular flexibility index (Phi) is 8.84. The Hall–Kier alpha value is -2.10. The van der Waals surface area contributed by atoms with Gasteiger partial charge in [-0.2, -0.15) is 0 Å². The minimum Gasteiger partial charge on any atom is -0.355 e. The number of hydrogen-bond acceptors (Lipinski definition) is 2. The lowest BCUT2D eigenvalue weighted by molar-refractivity contribution is -0.115. The number of hydrogen-bond donors (Lipinski definition) is 3. The van der Waals surface area contributed by atoms with E-state index in [0.29, 0.717) is 18.2 Å². The molecule has 1 heterocycles. The van der Waals surface area contributed by atoms with Crippen LogP contribution < -0.4 is 16.0 Å². The lowest BCUT2D eigenvalue weighted by atomic mass is 10.3. The third-order valence-electron chi connectivity index (χ3n) is 3.08. The highest BCUT2D eigenvalue weighted by Crippen LogP contribution is 2.08. The summed E-state index contributed by atoms with van der Waals surface area (Å²) in [6, 6.07) is 9.69. The number of carbonyl (C=O) groups is 1. The summed E-state index contributed by atoms with van der Waals surface area (Å²) in [5.41, 5.74) is 0.423. The molecule has 0 aliphatic carbocycles. The fourth-order valence-corrected chi connectivity index (χ4v) is 1.98. The molecule has 130 valence electrons. The van der Waals surface area contributed by atoms with Crippen LogP contribution in [0.1, 0.15) is 0 Å². The highest BCUT2D eigenvalue weighted by Gasteiger charge is 2.04. The minimum absolute atomic E-state index is 0. The quantitative estimate of drug-likeness (QED) is 0.362. The predicted octanol–water partition coefficient (Wildman–Crippen LogP) is 2.05. The van der Waals surface area contributed by atoms with Crippen LogP contribution >= 0.6 is 24.0 Å². The van der Waals surface area contributed by atoms with Crippen molar-refractivity contribution in [3.63, 3.8) is 0 Å². The van der Waals surface area contributed by atoms with Gasteiger partial charge in [-0.05, 0) is 30.3 Å². The second kappa shape index (κ2) is 10.6. The highest BCUT2D eigenvalue weighted by atomic mass is 127. The van der Waals surface area contributed by atoms with E-state index in [4.69, 9.17) is 0 Å². The number of nitrogens with one attached hydrogen (secondary N) is 3. The van der Waals surface area contributed by atoms with Gasteiger partial charge >= 0.3 is 0 Å². The van der Waals surface area contributed by atoms with Crippen molar-refractivity contribution in [2.45, 2.75) is 6.54 Å². The van der Waals surface area contributed by atoms with Gasteiger partial charge in [-0.1, -0.05) is 6.07 Å². The number of rotatable bonds is 6. The van der Waals surface area contributed by atoms with Gasteiger partial charge in [0.25, 0.3) is 0 Å². The maximum absolute atomic E-state index is 13.0. The molecule has 0 radical (unpaired) electrons. The molecule has 0 unspecified atom stereocenters. The number of halogens is 2. The van der Waals surface area contributed by atoms with Crippen LogP contribution in [0.2, 0.25) is 0 Å². The van der Waals surface area contributed by atoms with Crippen molar-refractivity contribution in [3.8, 4) is 0 Å². The average molecular weight is 445 g/mol. The highest BCUT2D eigenvalue weighted by molar-refractivity contribution is 14.0. The summed E-state index contributed by atoms with van der Waals surface area (Å²) in [7, 11) is 1.63. The lowest BCUT2D eigenvalue weighted by Gasteiger charge is -2.12. The molecule has 2 rings (SSSR count). The van der Waals surface area contributed by atoms with Crippen LogP contribution in [0, 0.1) is 5.82 Å². The molecular formula is C16H21FIN5O. The molecule has 1 aromatic heterocycles. The Morgan fingerprint density at radius 1 is 1.21 bits per heavy atom. The molecule has 0 fully saturated rings. The van der Waals surface area contributed by atoms with E-state index in [1.54, 1.807) is 19.2 Å². The number of guanidine groups is 1. The summed E-state index contributed by atoms with van der Waals surface area (Å²) in [6.45, 7) is 1.52. The molecule has 0 saturated heterocycles. The maximum Gasteiger partial charge on any atom is 0.243 e. The van der Waals surface area contributed by atoms with Crippen LogP contribution in [0.4, 0.5) is 10.1 Å². The van der Waals surface area contributed by atoms with E-state index in [9.17, 15) is 9.18 Å². The second-order valence-electron chi connectivity index (χ2n) is 4.83. The van der Waals surface area contributed by atoms with E-state index >= 15 is 0 Å². The Bertz CT molecular complexity index is 660. The molecule has 24 heavy (non-hydrogen) atoms. The van der Waals surface area contributed by atoms with E-state index in [0.717, 1.165) is 6.54 Å². The van der Waals surface area contributed by atoms with Crippen LogP contribution in [-0.4, -0.2) is 36.6 Å². The zero-order valence-electron chi connectivity index (χ0n) is 13.3. The van der Waals surface area contributed by atoms with Crippen LogP contribution in [0.25, 0.3) is 0 Å². The number of aromatic nitrogens is 1. The molecule has 0 spiro atoms. The van der Waals surface area contributed by atoms with Crippen molar-refractivity contribution < 1.29 is 9.18 Å². The van der Waals surface area contributed by atoms with Crippen LogP contribution in [-0.2, 0) is 11.3 Å². The average Bonchev–Trinajstić information content (AvgIpc) is 3.04. The zero-order chi connectivity index (χ0) is 16.5. The third kappa shape index (κ3) is 6.99. The SMILES string of the molecule is CN=C(NCCn1cccc1)NCC(=O)Nc1cccc(F)c1.I. The molecule has 6 nitrogen and oxygen atoms in total. The van der Waals surface area contributed by atoms with E-state index < -0.39 is 5.82 Å². The Morgan fingerprint density at radius 3 is 2.62 bits per heavy atom. The number of carbonyl (C=O) groups excluding carboxylic acids is 1. The van der Waals surface area contributed by atoms with Crippen molar-refractivity contribution in [2.75, 3.05) is 25.5 Å². The van der Waals surface area contributed by atoms with Crippen molar-refractivity contribution >= 4 is 41.5 Å². The van der Waals surface area contributed by atoms with Gasteiger partial charge in [0.1, 0.15) is 5.82 Å². The van der Waals surface area contributed by atoms with Gasteiger partial charge in [0.2, 0.25) is 5.91 Å². The predicted molar refractivity (Wildman–Crippen MR) is 104 cm³/mol. The van der Waals surface area contributed by atoms with Crippen LogP contribution in [0.3, 0.4) is 0 Å². The second-order valence-corrected chi connectivity index (χ2v) is 4.83. The van der Waals surface area contributed by atoms with E-state index in [1.165, 1.54) is 12.1 Å². The first-order chi connectivity index (χ1) is 11.2. The molecule has 8 heteroatoms. The van der Waals surface area contributed by atoms with Crippen LogP contribution in [0.15, 0.2) is 53.8 Å². The summed E-state index contributed by atoms with van der Waals surface area (Å²) < 4.78 is 15.1. The fourth-order valence-electron chi connectivity index (χ4n) is 1.98. The summed E-state index contributed by atoms with van der Waals surface area (Å²) in [4.78, 5) is 15.9. The first-order valence-electron chi connectivity index (χ1n) is 7.28. The largest absolute Gasteiger partial charge is 0.355 e. The molecule has 0 aliphatic heterocycles. The van der Waals surface area contributed by atoms with Crippen molar-refractivity contribution in [1.29, 1.82) is 0 Å². The van der Waals surface area contributed by atoms with Gasteiger partial charge < -0.3 is 20.5 Å². The molecule has 3 N–H and O–H groups in total.